The maximum absolute atomic E-state index is 13.1. The van der Waals surface area contributed by atoms with Crippen molar-refractivity contribution in [2.45, 2.75) is 6.10 Å². The molecular formula is C16H18N4O5. The van der Waals surface area contributed by atoms with Gasteiger partial charge >= 0.3 is 6.09 Å². The van der Waals surface area contributed by atoms with Crippen LogP contribution in [0.25, 0.3) is 0 Å². The quantitative estimate of drug-likeness (QED) is 0.264. The van der Waals surface area contributed by atoms with Gasteiger partial charge in [0.15, 0.2) is 6.10 Å². The lowest BCUT2D eigenvalue weighted by Crippen LogP contribution is -2.38. The fraction of sp³-hybridized carbons (Fsp3) is 0.375. The first-order valence-electron chi connectivity index (χ1n) is 7.76. The topological polar surface area (TPSA) is 126 Å². The first kappa shape index (κ1) is 16.7. The minimum atomic E-state index is -1.01. The number of carbonyl (C=O) groups is 3. The number of carbonyl (C=O) groups excluding carboxylic acids is 3. The van der Waals surface area contributed by atoms with Crippen molar-refractivity contribution in [3.63, 3.8) is 0 Å². The van der Waals surface area contributed by atoms with Crippen LogP contribution >= 0.6 is 0 Å². The highest BCUT2D eigenvalue weighted by Crippen LogP contribution is 2.35. The van der Waals surface area contributed by atoms with Crippen molar-refractivity contribution in [1.82, 2.24) is 9.80 Å². The number of ketones is 2. The second-order valence-corrected chi connectivity index (χ2v) is 5.72. The summed E-state index contributed by atoms with van der Waals surface area (Å²) in [5.41, 5.74) is 5.56. The molecule has 9 nitrogen and oxygen atoms in total. The van der Waals surface area contributed by atoms with Gasteiger partial charge in [0.25, 0.3) is 0 Å². The van der Waals surface area contributed by atoms with Crippen molar-refractivity contribution in [2.24, 2.45) is 5.73 Å². The molecule has 2 fully saturated rings. The van der Waals surface area contributed by atoms with Crippen LogP contribution in [0.4, 0.5) is 4.79 Å². The standard InChI is InChI=1S/C16H18N4O5/c1-2-24-10(8-25-16(18)23)11-13(20-5-6-20)14(21)9(7-17)12(15(11)22)19-3-4-19/h2,7,10,17H,1,3-6,8H2,(H2,18,23). The molecule has 2 heterocycles. The van der Waals surface area contributed by atoms with Crippen molar-refractivity contribution < 1.29 is 23.9 Å². The molecule has 0 bridgehead atoms. The zero-order valence-corrected chi connectivity index (χ0v) is 13.5. The van der Waals surface area contributed by atoms with Gasteiger partial charge in [-0.25, -0.2) is 4.79 Å². The second kappa shape index (κ2) is 6.42. The molecule has 1 aliphatic carbocycles. The van der Waals surface area contributed by atoms with Crippen LogP contribution in [0.3, 0.4) is 0 Å². The number of allylic oxidation sites excluding steroid dienone is 2. The molecule has 25 heavy (non-hydrogen) atoms. The first-order valence-corrected chi connectivity index (χ1v) is 7.76. The number of hydrogen-bond donors (Lipinski definition) is 2. The maximum atomic E-state index is 13.1. The Labute approximate surface area is 143 Å². The summed E-state index contributed by atoms with van der Waals surface area (Å²) in [6.45, 7) is 5.68. The fourth-order valence-corrected chi connectivity index (χ4v) is 2.79. The monoisotopic (exact) mass is 346 g/mol. The van der Waals surface area contributed by atoms with Crippen LogP contribution in [0.15, 0.2) is 35.4 Å². The summed E-state index contributed by atoms with van der Waals surface area (Å²) < 4.78 is 10.1. The second-order valence-electron chi connectivity index (χ2n) is 5.72. The van der Waals surface area contributed by atoms with Crippen LogP contribution in [0.5, 0.6) is 0 Å². The number of rotatable bonds is 8. The molecule has 0 aromatic rings. The predicted molar refractivity (Wildman–Crippen MR) is 86.6 cm³/mol. The summed E-state index contributed by atoms with van der Waals surface area (Å²) in [5, 5.41) is 7.55. The van der Waals surface area contributed by atoms with Crippen molar-refractivity contribution >= 4 is 23.9 Å². The van der Waals surface area contributed by atoms with Crippen LogP contribution in [0.1, 0.15) is 0 Å². The fourth-order valence-electron chi connectivity index (χ4n) is 2.79. The zero-order valence-electron chi connectivity index (χ0n) is 13.5. The van der Waals surface area contributed by atoms with Gasteiger partial charge in [-0.05, 0) is 0 Å². The van der Waals surface area contributed by atoms with Crippen LogP contribution < -0.4 is 5.73 Å². The normalized spacial score (nSPS) is 20.5. The Balaban J connectivity index is 2.05. The average molecular weight is 346 g/mol. The third-order valence-electron chi connectivity index (χ3n) is 4.06. The Bertz CT molecular complexity index is 731. The number of amides is 1. The molecule has 0 saturated carbocycles. The molecule has 1 atom stereocenters. The molecule has 0 aromatic carbocycles. The zero-order chi connectivity index (χ0) is 18.1. The molecule has 0 radical (unpaired) electrons. The van der Waals surface area contributed by atoms with E-state index in [4.69, 9.17) is 20.6 Å². The van der Waals surface area contributed by atoms with Gasteiger partial charge in [0.2, 0.25) is 11.6 Å². The molecule has 1 amide bonds. The van der Waals surface area contributed by atoms with Gasteiger partial charge < -0.3 is 30.4 Å². The molecule has 3 rings (SSSR count). The van der Waals surface area contributed by atoms with E-state index in [1.54, 1.807) is 9.80 Å². The van der Waals surface area contributed by atoms with E-state index < -0.39 is 23.8 Å². The van der Waals surface area contributed by atoms with Gasteiger partial charge in [-0.15, -0.1) is 0 Å². The molecule has 132 valence electrons. The maximum Gasteiger partial charge on any atom is 0.404 e. The van der Waals surface area contributed by atoms with E-state index in [0.717, 1.165) is 12.5 Å². The lowest BCUT2D eigenvalue weighted by atomic mass is 9.88. The summed E-state index contributed by atoms with van der Waals surface area (Å²) in [5.74, 6) is -0.807. The van der Waals surface area contributed by atoms with Crippen LogP contribution in [0.2, 0.25) is 0 Å². The van der Waals surface area contributed by atoms with Crippen LogP contribution in [-0.4, -0.2) is 72.6 Å². The number of primary amides is 1. The van der Waals surface area contributed by atoms with E-state index in [2.05, 4.69) is 6.58 Å². The van der Waals surface area contributed by atoms with Gasteiger partial charge in [0, 0.05) is 32.4 Å². The lowest BCUT2D eigenvalue weighted by Gasteiger charge is -2.27. The van der Waals surface area contributed by atoms with Gasteiger partial charge in [-0.3, -0.25) is 9.59 Å². The minimum Gasteiger partial charge on any atom is -0.490 e. The van der Waals surface area contributed by atoms with Gasteiger partial charge in [-0.1, -0.05) is 6.58 Å². The molecular weight excluding hydrogens is 328 g/mol. The summed E-state index contributed by atoms with van der Waals surface area (Å²) in [6, 6.07) is 0. The highest BCUT2D eigenvalue weighted by molar-refractivity contribution is 6.32. The summed E-state index contributed by atoms with van der Waals surface area (Å²) in [7, 11) is 0. The van der Waals surface area contributed by atoms with Crippen molar-refractivity contribution in [3.05, 3.63) is 35.4 Å². The third kappa shape index (κ3) is 3.12. The van der Waals surface area contributed by atoms with E-state index in [9.17, 15) is 14.4 Å². The molecule has 0 aromatic heterocycles. The average Bonchev–Trinajstić information content (AvgIpc) is 3.45. The molecule has 3 N–H and O–H groups in total. The van der Waals surface area contributed by atoms with Gasteiger partial charge in [0.1, 0.15) is 6.61 Å². The van der Waals surface area contributed by atoms with Crippen molar-refractivity contribution in [1.29, 1.82) is 5.41 Å². The molecule has 0 spiro atoms. The molecule has 3 aliphatic rings. The molecule has 9 heteroatoms. The van der Waals surface area contributed by atoms with Crippen LogP contribution in [0, 0.1) is 5.41 Å². The smallest absolute Gasteiger partial charge is 0.404 e. The lowest BCUT2D eigenvalue weighted by molar-refractivity contribution is -0.118. The van der Waals surface area contributed by atoms with E-state index in [-0.39, 0.29) is 29.1 Å². The highest BCUT2D eigenvalue weighted by Gasteiger charge is 2.45. The molecule has 2 saturated heterocycles. The number of nitrogens with one attached hydrogen (secondary N) is 1. The summed E-state index contributed by atoms with van der Waals surface area (Å²) in [6.07, 6.45) is 0.0200. The Morgan fingerprint density at radius 1 is 1.20 bits per heavy atom. The Hall–Kier alpha value is -3.10. The number of nitrogens with two attached hydrogens (primary N) is 1. The van der Waals surface area contributed by atoms with E-state index in [1.165, 1.54) is 0 Å². The number of hydrogen-bond acceptors (Lipinski definition) is 8. The Kier molecular flexibility index (Phi) is 4.30. The van der Waals surface area contributed by atoms with Crippen LogP contribution in [-0.2, 0) is 19.1 Å². The van der Waals surface area contributed by atoms with E-state index in [1.807, 2.05) is 0 Å². The SMILES string of the molecule is C=COC(COC(N)=O)C1=C(N2CC2)C(=O)C(C=N)=C(N2CC2)C1=O. The largest absolute Gasteiger partial charge is 0.490 e. The highest BCUT2D eigenvalue weighted by atomic mass is 16.6. The number of Topliss-reactive ketones (excluding diaryl/α,β-unsaturated/α-hetero) is 2. The summed E-state index contributed by atoms with van der Waals surface area (Å²) in [4.78, 5) is 40.4. The Morgan fingerprint density at radius 3 is 2.28 bits per heavy atom. The van der Waals surface area contributed by atoms with Gasteiger partial charge in [-0.2, -0.15) is 0 Å². The summed E-state index contributed by atoms with van der Waals surface area (Å²) >= 11 is 0. The number of nitrogens with zero attached hydrogens (tertiary/aromatic N) is 2. The van der Waals surface area contributed by atoms with Gasteiger partial charge in [0.05, 0.1) is 28.8 Å². The van der Waals surface area contributed by atoms with Crippen molar-refractivity contribution in [3.8, 4) is 0 Å². The molecule has 1 unspecified atom stereocenters. The molecule has 2 aliphatic heterocycles. The first-order chi connectivity index (χ1) is 12.0. The minimum absolute atomic E-state index is 0.0707. The van der Waals surface area contributed by atoms with Crippen molar-refractivity contribution in [2.75, 3.05) is 32.8 Å². The predicted octanol–water partition coefficient (Wildman–Crippen LogP) is -0.449. The third-order valence-corrected chi connectivity index (χ3v) is 4.06. The van der Waals surface area contributed by atoms with E-state index >= 15 is 0 Å². The number of ether oxygens (including phenoxy) is 2. The Morgan fingerprint density at radius 2 is 1.80 bits per heavy atom. The van der Waals surface area contributed by atoms with E-state index in [0.29, 0.717) is 26.2 Å².